The maximum absolute atomic E-state index is 12.5. The molecule has 1 aliphatic heterocycles. The molecule has 148 valence electrons. The van der Waals surface area contributed by atoms with Crippen LogP contribution in [0.25, 0.3) is 0 Å². The van der Waals surface area contributed by atoms with Gasteiger partial charge in [-0.1, -0.05) is 49.6 Å². The lowest BCUT2D eigenvalue weighted by Gasteiger charge is -2.35. The van der Waals surface area contributed by atoms with Crippen LogP contribution in [0.2, 0.25) is 0 Å². The quantitative estimate of drug-likeness (QED) is 0.864. The van der Waals surface area contributed by atoms with Crippen LogP contribution in [-0.2, 0) is 11.3 Å². The van der Waals surface area contributed by atoms with Gasteiger partial charge < -0.3 is 10.2 Å². The number of anilines is 2. The van der Waals surface area contributed by atoms with E-state index in [1.165, 1.54) is 12.0 Å². The molecule has 1 aromatic carbocycles. The van der Waals surface area contributed by atoms with Crippen molar-refractivity contribution in [2.75, 3.05) is 36.4 Å². The Hall–Kier alpha value is -2.47. The highest BCUT2D eigenvalue weighted by molar-refractivity contribution is 5.91. The third-order valence-corrected chi connectivity index (χ3v) is 5.83. The van der Waals surface area contributed by atoms with E-state index in [-0.39, 0.29) is 11.8 Å². The Morgan fingerprint density at radius 1 is 1.00 bits per heavy atom. The summed E-state index contributed by atoms with van der Waals surface area (Å²) in [5, 5.41) is 3.01. The van der Waals surface area contributed by atoms with Crippen LogP contribution in [0.4, 0.5) is 11.6 Å². The summed E-state index contributed by atoms with van der Waals surface area (Å²) in [6.07, 6.45) is 7.10. The lowest BCUT2D eigenvalue weighted by Crippen LogP contribution is -2.46. The molecular weight excluding hydrogens is 350 g/mol. The molecule has 1 amide bonds. The van der Waals surface area contributed by atoms with Crippen LogP contribution in [-0.4, -0.2) is 47.0 Å². The number of benzene rings is 1. The number of nitrogens with zero attached hydrogens (tertiary/aromatic N) is 4. The number of hydrogen-bond acceptors (Lipinski definition) is 5. The summed E-state index contributed by atoms with van der Waals surface area (Å²) in [6.45, 7) is 4.85. The molecule has 0 bridgehead atoms. The zero-order chi connectivity index (χ0) is 19.2. The van der Waals surface area contributed by atoms with Gasteiger partial charge in [0.05, 0.1) is 0 Å². The highest BCUT2D eigenvalue weighted by atomic mass is 16.1. The second-order valence-electron chi connectivity index (χ2n) is 7.83. The van der Waals surface area contributed by atoms with Crippen molar-refractivity contribution in [2.45, 2.75) is 38.6 Å². The van der Waals surface area contributed by atoms with Gasteiger partial charge in [0.15, 0.2) is 0 Å². The largest absolute Gasteiger partial charge is 0.354 e. The van der Waals surface area contributed by atoms with Gasteiger partial charge >= 0.3 is 0 Å². The molecule has 1 aromatic heterocycles. The Morgan fingerprint density at radius 2 is 1.75 bits per heavy atom. The molecule has 0 spiro atoms. The van der Waals surface area contributed by atoms with Gasteiger partial charge in [0.1, 0.15) is 18.0 Å². The minimum Gasteiger partial charge on any atom is -0.354 e. The zero-order valence-corrected chi connectivity index (χ0v) is 16.4. The molecule has 1 saturated heterocycles. The van der Waals surface area contributed by atoms with Crippen molar-refractivity contribution in [3.05, 3.63) is 48.3 Å². The normalized spacial score (nSPS) is 18.8. The lowest BCUT2D eigenvalue weighted by molar-refractivity contribution is -0.120. The highest BCUT2D eigenvalue weighted by Crippen LogP contribution is 2.25. The van der Waals surface area contributed by atoms with Crippen molar-refractivity contribution in [1.82, 2.24) is 14.9 Å². The maximum Gasteiger partial charge on any atom is 0.228 e. The molecule has 0 radical (unpaired) electrons. The third-order valence-electron chi connectivity index (χ3n) is 5.83. The fraction of sp³-hybridized carbons (Fsp3) is 0.500. The number of aromatic nitrogens is 2. The molecular formula is C22H29N5O. The summed E-state index contributed by atoms with van der Waals surface area (Å²) in [6, 6.07) is 12.5. The molecule has 2 aliphatic rings. The van der Waals surface area contributed by atoms with E-state index in [4.69, 9.17) is 0 Å². The molecule has 0 unspecified atom stereocenters. The first kappa shape index (κ1) is 18.9. The molecule has 4 rings (SSSR count). The Morgan fingerprint density at radius 3 is 2.50 bits per heavy atom. The van der Waals surface area contributed by atoms with Gasteiger partial charge in [-0.15, -0.1) is 0 Å². The first-order chi connectivity index (χ1) is 13.8. The van der Waals surface area contributed by atoms with E-state index in [0.717, 1.165) is 64.2 Å². The molecule has 28 heavy (non-hydrogen) atoms. The van der Waals surface area contributed by atoms with Crippen LogP contribution in [0, 0.1) is 5.92 Å². The van der Waals surface area contributed by atoms with Crippen molar-refractivity contribution in [3.63, 3.8) is 0 Å². The number of nitrogens with one attached hydrogen (secondary N) is 1. The summed E-state index contributed by atoms with van der Waals surface area (Å²) in [4.78, 5) is 25.9. The van der Waals surface area contributed by atoms with Crippen LogP contribution in [0.1, 0.15) is 37.7 Å². The van der Waals surface area contributed by atoms with Crippen molar-refractivity contribution in [3.8, 4) is 0 Å². The van der Waals surface area contributed by atoms with E-state index >= 15 is 0 Å². The van der Waals surface area contributed by atoms with Gasteiger partial charge in [0.2, 0.25) is 5.91 Å². The van der Waals surface area contributed by atoms with Crippen molar-refractivity contribution in [2.24, 2.45) is 5.92 Å². The predicted octanol–water partition coefficient (Wildman–Crippen LogP) is 3.32. The summed E-state index contributed by atoms with van der Waals surface area (Å²) in [5.41, 5.74) is 1.35. The second-order valence-corrected chi connectivity index (χ2v) is 7.83. The van der Waals surface area contributed by atoms with Crippen molar-refractivity contribution >= 4 is 17.5 Å². The summed E-state index contributed by atoms with van der Waals surface area (Å²) in [5.74, 6) is 1.76. The van der Waals surface area contributed by atoms with E-state index in [2.05, 4.69) is 55.4 Å². The molecule has 2 aromatic rings. The molecule has 0 atom stereocenters. The molecule has 1 N–H and O–H groups in total. The van der Waals surface area contributed by atoms with Crippen molar-refractivity contribution in [1.29, 1.82) is 0 Å². The highest BCUT2D eigenvalue weighted by Gasteiger charge is 2.22. The molecule has 6 heteroatoms. The number of piperazine rings is 1. The van der Waals surface area contributed by atoms with Crippen LogP contribution in [0.15, 0.2) is 42.7 Å². The SMILES string of the molecule is O=C(Nc1cc(N2CCN(Cc3ccccc3)CC2)ncn1)C1CCCCC1. The van der Waals surface area contributed by atoms with E-state index in [0.29, 0.717) is 5.82 Å². The standard InChI is InChI=1S/C22H29N5O/c28-22(19-9-5-2-6-10-19)25-20-15-21(24-17-23-20)27-13-11-26(12-14-27)16-18-7-3-1-4-8-18/h1,3-4,7-8,15,17,19H,2,5-6,9-14,16H2,(H,23,24,25,28). The van der Waals surface area contributed by atoms with E-state index < -0.39 is 0 Å². The van der Waals surface area contributed by atoms with Gasteiger partial charge in [-0.3, -0.25) is 9.69 Å². The first-order valence-corrected chi connectivity index (χ1v) is 10.4. The van der Waals surface area contributed by atoms with Gasteiger partial charge in [0.25, 0.3) is 0 Å². The zero-order valence-electron chi connectivity index (χ0n) is 16.4. The number of rotatable bonds is 5. The Bertz CT molecular complexity index is 768. The Balaban J connectivity index is 1.31. The van der Waals surface area contributed by atoms with E-state index in [1.54, 1.807) is 6.33 Å². The Labute approximate surface area is 167 Å². The van der Waals surface area contributed by atoms with Gasteiger partial charge in [-0.2, -0.15) is 0 Å². The third kappa shape index (κ3) is 4.87. The topological polar surface area (TPSA) is 61.4 Å². The van der Waals surface area contributed by atoms with Crippen LogP contribution in [0.5, 0.6) is 0 Å². The molecule has 1 aliphatic carbocycles. The number of carbonyl (C=O) groups excluding carboxylic acids is 1. The first-order valence-electron chi connectivity index (χ1n) is 10.4. The van der Waals surface area contributed by atoms with Crippen molar-refractivity contribution < 1.29 is 4.79 Å². The molecule has 2 fully saturated rings. The predicted molar refractivity (Wildman–Crippen MR) is 111 cm³/mol. The average Bonchev–Trinajstić information content (AvgIpc) is 2.76. The average molecular weight is 380 g/mol. The molecule has 6 nitrogen and oxygen atoms in total. The lowest BCUT2D eigenvalue weighted by atomic mass is 9.89. The summed E-state index contributed by atoms with van der Waals surface area (Å²) < 4.78 is 0. The molecule has 2 heterocycles. The Kier molecular flexibility index (Phi) is 6.17. The van der Waals surface area contributed by atoms with Gasteiger partial charge in [0, 0.05) is 44.7 Å². The van der Waals surface area contributed by atoms with E-state index in [1.807, 2.05) is 6.07 Å². The second kappa shape index (κ2) is 9.15. The minimum absolute atomic E-state index is 0.108. The number of amides is 1. The summed E-state index contributed by atoms with van der Waals surface area (Å²) >= 11 is 0. The molecule has 1 saturated carbocycles. The number of carbonyl (C=O) groups is 1. The number of hydrogen-bond donors (Lipinski definition) is 1. The smallest absolute Gasteiger partial charge is 0.228 e. The monoisotopic (exact) mass is 379 g/mol. The summed E-state index contributed by atoms with van der Waals surface area (Å²) in [7, 11) is 0. The van der Waals surface area contributed by atoms with Crippen LogP contribution >= 0.6 is 0 Å². The van der Waals surface area contributed by atoms with Gasteiger partial charge in [-0.05, 0) is 18.4 Å². The minimum atomic E-state index is 0.108. The fourth-order valence-electron chi connectivity index (χ4n) is 4.16. The van der Waals surface area contributed by atoms with Crippen LogP contribution in [0.3, 0.4) is 0 Å². The van der Waals surface area contributed by atoms with Crippen LogP contribution < -0.4 is 10.2 Å². The van der Waals surface area contributed by atoms with E-state index in [9.17, 15) is 4.79 Å². The maximum atomic E-state index is 12.5. The fourth-order valence-corrected chi connectivity index (χ4v) is 4.16. The van der Waals surface area contributed by atoms with Gasteiger partial charge in [-0.25, -0.2) is 9.97 Å².